The molecule has 4 aromatic rings. The average Bonchev–Trinajstić information content (AvgIpc) is 2.73. The van der Waals surface area contributed by atoms with Crippen LogP contribution in [0.3, 0.4) is 0 Å². The fourth-order valence-electron chi connectivity index (χ4n) is 3.48. The maximum absolute atomic E-state index is 2.23. The van der Waals surface area contributed by atoms with Crippen molar-refractivity contribution in [3.63, 3.8) is 0 Å². The molecule has 0 N–H and O–H groups in total. The zero-order chi connectivity index (χ0) is 19.3. The van der Waals surface area contributed by atoms with Crippen molar-refractivity contribution in [2.75, 3.05) is 0 Å². The minimum atomic E-state index is 0.901. The van der Waals surface area contributed by atoms with Crippen LogP contribution in [0.15, 0.2) is 97.6 Å². The van der Waals surface area contributed by atoms with Crippen molar-refractivity contribution < 1.29 is 9.13 Å². The largest absolute Gasteiger partial charge is 0.201 e. The molecule has 0 atom stereocenters. The quantitative estimate of drug-likeness (QED) is 0.455. The van der Waals surface area contributed by atoms with Crippen molar-refractivity contribution in [3.8, 4) is 11.1 Å². The van der Waals surface area contributed by atoms with Crippen LogP contribution in [0, 0.1) is 13.8 Å². The van der Waals surface area contributed by atoms with Crippen molar-refractivity contribution in [3.05, 3.63) is 120 Å². The smallest absolute Gasteiger partial charge is 0.174 e. The average molecular weight is 367 g/mol. The molecule has 0 saturated carbocycles. The molecule has 2 heteroatoms. The predicted molar refractivity (Wildman–Crippen MR) is 113 cm³/mol. The molecule has 2 nitrogen and oxygen atoms in total. The monoisotopic (exact) mass is 366 g/mol. The molecule has 0 aliphatic heterocycles. The van der Waals surface area contributed by atoms with Gasteiger partial charge < -0.3 is 0 Å². The van der Waals surface area contributed by atoms with Crippen LogP contribution in [0.25, 0.3) is 11.1 Å². The third-order valence-electron chi connectivity index (χ3n) is 5.34. The summed E-state index contributed by atoms with van der Waals surface area (Å²) in [5.41, 5.74) is 7.86. The lowest BCUT2D eigenvalue weighted by atomic mass is 10.1. The molecule has 0 bridgehead atoms. The lowest BCUT2D eigenvalue weighted by molar-refractivity contribution is -0.688. The van der Waals surface area contributed by atoms with Crippen LogP contribution >= 0.6 is 0 Å². The second-order valence-electron chi connectivity index (χ2n) is 7.37. The molecule has 0 spiro atoms. The number of benzene rings is 2. The Labute approximate surface area is 167 Å². The van der Waals surface area contributed by atoms with Crippen LogP contribution in [0.4, 0.5) is 0 Å². The Hall–Kier alpha value is -3.26. The van der Waals surface area contributed by atoms with Gasteiger partial charge in [-0.1, -0.05) is 48.5 Å². The van der Waals surface area contributed by atoms with Crippen LogP contribution in [-0.2, 0) is 13.1 Å². The SMILES string of the molecule is Cc1ccccc1C[n+]1ccc(-c2cc[n+](Cc3ccccc3C)cc2)cc1. The summed E-state index contributed by atoms with van der Waals surface area (Å²) in [4.78, 5) is 0. The Balaban J connectivity index is 1.47. The van der Waals surface area contributed by atoms with Crippen molar-refractivity contribution in [2.24, 2.45) is 0 Å². The van der Waals surface area contributed by atoms with Crippen LogP contribution < -0.4 is 9.13 Å². The maximum atomic E-state index is 2.23. The van der Waals surface area contributed by atoms with Gasteiger partial charge in [-0.05, 0) is 36.1 Å². The van der Waals surface area contributed by atoms with Crippen LogP contribution in [-0.4, -0.2) is 0 Å². The minimum Gasteiger partial charge on any atom is -0.201 e. The van der Waals surface area contributed by atoms with Crippen molar-refractivity contribution >= 4 is 0 Å². The number of hydrogen-bond acceptors (Lipinski definition) is 0. The third-order valence-corrected chi connectivity index (χ3v) is 5.34. The normalized spacial score (nSPS) is 10.8. The highest BCUT2D eigenvalue weighted by Gasteiger charge is 2.09. The number of nitrogens with zero attached hydrogens (tertiary/aromatic N) is 2. The van der Waals surface area contributed by atoms with E-state index in [2.05, 4.69) is 121 Å². The summed E-state index contributed by atoms with van der Waals surface area (Å²) in [6.45, 7) is 6.14. The van der Waals surface area contributed by atoms with Gasteiger partial charge in [-0.2, -0.15) is 0 Å². The second-order valence-corrected chi connectivity index (χ2v) is 7.37. The Kier molecular flexibility index (Phi) is 5.29. The summed E-state index contributed by atoms with van der Waals surface area (Å²) in [5, 5.41) is 0. The molecule has 138 valence electrons. The van der Waals surface area contributed by atoms with Gasteiger partial charge in [0.2, 0.25) is 0 Å². The molecule has 2 aromatic heterocycles. The Bertz CT molecular complexity index is 975. The molecule has 0 aliphatic carbocycles. The van der Waals surface area contributed by atoms with Gasteiger partial charge in [0, 0.05) is 35.4 Å². The molecule has 0 radical (unpaired) electrons. The van der Waals surface area contributed by atoms with Gasteiger partial charge in [0.05, 0.1) is 0 Å². The second kappa shape index (κ2) is 8.18. The molecular weight excluding hydrogens is 340 g/mol. The Morgan fingerprint density at radius 1 is 0.500 bits per heavy atom. The first-order valence-corrected chi connectivity index (χ1v) is 9.77. The van der Waals surface area contributed by atoms with Crippen molar-refractivity contribution in [2.45, 2.75) is 26.9 Å². The van der Waals surface area contributed by atoms with Gasteiger partial charge >= 0.3 is 0 Å². The van der Waals surface area contributed by atoms with E-state index in [0.717, 1.165) is 13.1 Å². The number of hydrogen-bond donors (Lipinski definition) is 0. The molecule has 4 rings (SSSR count). The number of aromatic nitrogens is 2. The number of pyridine rings is 2. The fourth-order valence-corrected chi connectivity index (χ4v) is 3.48. The van der Waals surface area contributed by atoms with Gasteiger partial charge in [-0.3, -0.25) is 0 Å². The molecule has 28 heavy (non-hydrogen) atoms. The van der Waals surface area contributed by atoms with Gasteiger partial charge in [-0.15, -0.1) is 0 Å². The summed E-state index contributed by atoms with van der Waals surface area (Å²) in [7, 11) is 0. The van der Waals surface area contributed by atoms with Gasteiger partial charge in [-0.25, -0.2) is 9.13 Å². The summed E-state index contributed by atoms with van der Waals surface area (Å²) < 4.78 is 4.46. The Morgan fingerprint density at radius 3 is 1.21 bits per heavy atom. The van der Waals surface area contributed by atoms with Crippen LogP contribution in [0.2, 0.25) is 0 Å². The van der Waals surface area contributed by atoms with Crippen LogP contribution in [0.5, 0.6) is 0 Å². The molecule has 2 aromatic carbocycles. The molecule has 0 fully saturated rings. The fraction of sp³-hybridized carbons (Fsp3) is 0.154. The van der Waals surface area contributed by atoms with Gasteiger partial charge in [0.25, 0.3) is 0 Å². The molecule has 2 heterocycles. The minimum absolute atomic E-state index is 0.901. The summed E-state index contributed by atoms with van der Waals surface area (Å²) in [6, 6.07) is 25.9. The van der Waals surface area contributed by atoms with E-state index >= 15 is 0 Å². The van der Waals surface area contributed by atoms with E-state index in [-0.39, 0.29) is 0 Å². The van der Waals surface area contributed by atoms with Crippen molar-refractivity contribution in [1.29, 1.82) is 0 Å². The number of aryl methyl sites for hydroxylation is 2. The topological polar surface area (TPSA) is 7.76 Å². The van der Waals surface area contributed by atoms with E-state index in [1.807, 2.05) is 0 Å². The van der Waals surface area contributed by atoms with E-state index in [1.54, 1.807) is 0 Å². The molecule has 0 unspecified atom stereocenters. The van der Waals surface area contributed by atoms with E-state index in [1.165, 1.54) is 33.4 Å². The molecule has 0 amide bonds. The van der Waals surface area contributed by atoms with E-state index in [9.17, 15) is 0 Å². The zero-order valence-electron chi connectivity index (χ0n) is 16.5. The summed E-state index contributed by atoms with van der Waals surface area (Å²) >= 11 is 0. The highest BCUT2D eigenvalue weighted by Crippen LogP contribution is 2.16. The highest BCUT2D eigenvalue weighted by atomic mass is 14.9. The van der Waals surface area contributed by atoms with Gasteiger partial charge in [0.15, 0.2) is 37.9 Å². The number of rotatable bonds is 5. The molecule has 0 aliphatic rings. The summed E-state index contributed by atoms with van der Waals surface area (Å²) in [6.07, 6.45) is 8.65. The molecule has 0 saturated heterocycles. The standard InChI is InChI=1S/C26H26N2/c1-21-7-3-5-9-25(21)19-27-15-11-23(12-16-27)24-13-17-28(18-14-24)20-26-10-6-4-8-22(26)2/h3-18H,19-20H2,1-2H3/q+2. The first kappa shape index (κ1) is 18.1. The first-order chi connectivity index (χ1) is 13.7. The third kappa shape index (κ3) is 4.17. The zero-order valence-corrected chi connectivity index (χ0v) is 16.5. The maximum Gasteiger partial charge on any atom is 0.174 e. The first-order valence-electron chi connectivity index (χ1n) is 9.77. The van der Waals surface area contributed by atoms with E-state index in [4.69, 9.17) is 0 Å². The predicted octanol–water partition coefficient (Wildman–Crippen LogP) is 4.64. The Morgan fingerprint density at radius 2 is 0.857 bits per heavy atom. The van der Waals surface area contributed by atoms with E-state index < -0.39 is 0 Å². The summed E-state index contributed by atoms with van der Waals surface area (Å²) in [5.74, 6) is 0. The van der Waals surface area contributed by atoms with Gasteiger partial charge in [0.1, 0.15) is 0 Å². The molecular formula is C26H26N2+2. The lowest BCUT2D eigenvalue weighted by Gasteiger charge is -2.04. The van der Waals surface area contributed by atoms with E-state index in [0.29, 0.717) is 0 Å². The van der Waals surface area contributed by atoms with Crippen LogP contribution in [0.1, 0.15) is 22.3 Å². The van der Waals surface area contributed by atoms with Crippen molar-refractivity contribution in [1.82, 2.24) is 0 Å². The highest BCUT2D eigenvalue weighted by molar-refractivity contribution is 5.60. The lowest BCUT2D eigenvalue weighted by Crippen LogP contribution is -2.34.